The number of esters is 1. The molecule has 0 saturated heterocycles. The normalized spacial score (nSPS) is 50.0. The average Bonchev–Trinajstić information content (AvgIpc) is 2.83. The number of carbonyl (C=O) groups excluding carboxylic acids is 2. The number of ether oxygens (including phenoxy) is 1. The zero-order valence-electron chi connectivity index (χ0n) is 15.2. The minimum absolute atomic E-state index is 0.124. The second-order valence-electron chi connectivity index (χ2n) is 9.26. The highest BCUT2D eigenvalue weighted by molar-refractivity contribution is 5.97. The van der Waals surface area contributed by atoms with E-state index in [0.717, 1.165) is 31.6 Å². The Morgan fingerprint density at radius 3 is 2.71 bits per heavy atom. The Morgan fingerprint density at radius 1 is 1.17 bits per heavy atom. The highest BCUT2D eigenvalue weighted by atomic mass is 16.5. The lowest BCUT2D eigenvalue weighted by molar-refractivity contribution is -0.159. The molecule has 0 radical (unpaired) electrons. The van der Waals surface area contributed by atoms with Crippen molar-refractivity contribution >= 4 is 11.8 Å². The van der Waals surface area contributed by atoms with Crippen molar-refractivity contribution in [2.75, 3.05) is 0 Å². The van der Waals surface area contributed by atoms with E-state index in [-0.39, 0.29) is 17.5 Å². The number of hydrogen-bond donors (Lipinski definition) is 0. The van der Waals surface area contributed by atoms with Gasteiger partial charge in [0.2, 0.25) is 0 Å². The van der Waals surface area contributed by atoms with Crippen LogP contribution in [0.2, 0.25) is 0 Å². The standard InChI is InChI=1S/C21H30O3/c1-13(22)24-15-8-10-20(2)14(12-15)4-5-16-17-6-7-19(23)21(17,3)11-9-18(16)20/h6-7,14-18H,4-5,8-12H2,1-3H3. The smallest absolute Gasteiger partial charge is 0.302 e. The van der Waals surface area contributed by atoms with Crippen molar-refractivity contribution in [1.82, 2.24) is 0 Å². The van der Waals surface area contributed by atoms with E-state index in [1.54, 1.807) is 0 Å². The Kier molecular flexibility index (Phi) is 3.71. The van der Waals surface area contributed by atoms with Crippen LogP contribution in [0, 0.1) is 34.5 Å². The van der Waals surface area contributed by atoms with Crippen LogP contribution in [0.15, 0.2) is 12.2 Å². The van der Waals surface area contributed by atoms with Gasteiger partial charge in [-0.15, -0.1) is 0 Å². The topological polar surface area (TPSA) is 43.4 Å². The maximum atomic E-state index is 12.4. The quantitative estimate of drug-likeness (QED) is 0.673. The van der Waals surface area contributed by atoms with Gasteiger partial charge in [-0.1, -0.05) is 19.9 Å². The SMILES string of the molecule is CC(=O)OC1CCC2(C)C(CCC3C4C=CC(=O)C4(C)CCC32)C1. The number of fused-ring (bicyclic) bond motifs is 5. The van der Waals surface area contributed by atoms with E-state index in [1.165, 1.54) is 26.2 Å². The van der Waals surface area contributed by atoms with E-state index in [4.69, 9.17) is 4.74 Å². The minimum Gasteiger partial charge on any atom is -0.463 e. The molecule has 7 unspecified atom stereocenters. The molecule has 4 aliphatic carbocycles. The summed E-state index contributed by atoms with van der Waals surface area (Å²) < 4.78 is 5.53. The lowest BCUT2D eigenvalue weighted by atomic mass is 9.45. The molecule has 0 aromatic rings. The molecule has 0 N–H and O–H groups in total. The fraction of sp³-hybridized carbons (Fsp3) is 0.810. The molecule has 132 valence electrons. The largest absolute Gasteiger partial charge is 0.463 e. The van der Waals surface area contributed by atoms with Crippen molar-refractivity contribution in [1.29, 1.82) is 0 Å². The molecule has 4 rings (SSSR count). The molecule has 24 heavy (non-hydrogen) atoms. The summed E-state index contributed by atoms with van der Waals surface area (Å²) in [6.07, 6.45) is 12.1. The molecule has 4 aliphatic rings. The fourth-order valence-electron chi connectivity index (χ4n) is 6.83. The predicted molar refractivity (Wildman–Crippen MR) is 92.2 cm³/mol. The Hall–Kier alpha value is -1.12. The van der Waals surface area contributed by atoms with Crippen molar-refractivity contribution in [2.45, 2.75) is 71.8 Å². The molecule has 0 spiro atoms. The summed E-state index contributed by atoms with van der Waals surface area (Å²) in [7, 11) is 0. The summed E-state index contributed by atoms with van der Waals surface area (Å²) in [5.74, 6) is 2.73. The summed E-state index contributed by atoms with van der Waals surface area (Å²) in [6.45, 7) is 6.21. The van der Waals surface area contributed by atoms with E-state index < -0.39 is 0 Å². The summed E-state index contributed by atoms with van der Waals surface area (Å²) in [6, 6.07) is 0. The van der Waals surface area contributed by atoms with E-state index in [1.807, 2.05) is 6.08 Å². The average molecular weight is 330 g/mol. The highest BCUT2D eigenvalue weighted by Gasteiger charge is 2.59. The Labute approximate surface area is 145 Å². The highest BCUT2D eigenvalue weighted by Crippen LogP contribution is 2.64. The first-order valence-electron chi connectivity index (χ1n) is 9.74. The van der Waals surface area contributed by atoms with E-state index in [9.17, 15) is 9.59 Å². The van der Waals surface area contributed by atoms with Gasteiger partial charge in [-0.2, -0.15) is 0 Å². The van der Waals surface area contributed by atoms with E-state index >= 15 is 0 Å². The molecule has 0 amide bonds. The molecule has 0 aromatic carbocycles. The van der Waals surface area contributed by atoms with Gasteiger partial charge >= 0.3 is 5.97 Å². The Morgan fingerprint density at radius 2 is 1.96 bits per heavy atom. The van der Waals surface area contributed by atoms with Crippen molar-refractivity contribution in [3.63, 3.8) is 0 Å². The molecule has 7 atom stereocenters. The van der Waals surface area contributed by atoms with Gasteiger partial charge in [0, 0.05) is 12.3 Å². The van der Waals surface area contributed by atoms with Crippen LogP contribution < -0.4 is 0 Å². The minimum atomic E-state index is -0.139. The third-order valence-corrected chi connectivity index (χ3v) is 8.22. The lowest BCUT2D eigenvalue weighted by Gasteiger charge is -2.60. The van der Waals surface area contributed by atoms with Gasteiger partial charge in [0.05, 0.1) is 0 Å². The zero-order chi connectivity index (χ0) is 17.1. The summed E-state index contributed by atoms with van der Waals surface area (Å²) in [5.41, 5.74) is 0.236. The first-order valence-corrected chi connectivity index (χ1v) is 9.74. The van der Waals surface area contributed by atoms with Gasteiger partial charge in [-0.05, 0) is 80.1 Å². The van der Waals surface area contributed by atoms with Crippen LogP contribution >= 0.6 is 0 Å². The molecule has 0 bridgehead atoms. The predicted octanol–water partition coefficient (Wildman–Crippen LogP) is 4.31. The van der Waals surface area contributed by atoms with E-state index in [2.05, 4.69) is 19.9 Å². The number of allylic oxidation sites excluding steroid dienone is 2. The van der Waals surface area contributed by atoms with Crippen LogP contribution in [0.4, 0.5) is 0 Å². The molecule has 3 nitrogen and oxygen atoms in total. The maximum Gasteiger partial charge on any atom is 0.302 e. The molecule has 0 aliphatic heterocycles. The number of hydrogen-bond acceptors (Lipinski definition) is 3. The van der Waals surface area contributed by atoms with Crippen LogP contribution in [-0.4, -0.2) is 17.9 Å². The van der Waals surface area contributed by atoms with Gasteiger partial charge in [-0.3, -0.25) is 9.59 Å². The molecule has 0 heterocycles. The first kappa shape index (κ1) is 16.4. The molecular weight excluding hydrogens is 300 g/mol. The van der Waals surface area contributed by atoms with Crippen LogP contribution in [-0.2, 0) is 14.3 Å². The molecule has 0 aromatic heterocycles. The van der Waals surface area contributed by atoms with Crippen LogP contribution in [0.3, 0.4) is 0 Å². The van der Waals surface area contributed by atoms with Crippen LogP contribution in [0.5, 0.6) is 0 Å². The molecular formula is C21H30O3. The second-order valence-corrected chi connectivity index (χ2v) is 9.26. The number of ketones is 1. The first-order chi connectivity index (χ1) is 11.3. The van der Waals surface area contributed by atoms with E-state index in [0.29, 0.717) is 29.0 Å². The maximum absolute atomic E-state index is 12.4. The molecule has 3 heteroatoms. The molecule has 3 saturated carbocycles. The van der Waals surface area contributed by atoms with Crippen molar-refractivity contribution in [3.8, 4) is 0 Å². The Balaban J connectivity index is 1.55. The zero-order valence-corrected chi connectivity index (χ0v) is 15.2. The van der Waals surface area contributed by atoms with Crippen molar-refractivity contribution < 1.29 is 14.3 Å². The summed E-state index contributed by atoms with van der Waals surface area (Å²) in [5, 5.41) is 0. The monoisotopic (exact) mass is 330 g/mol. The van der Waals surface area contributed by atoms with Gasteiger partial charge in [0.25, 0.3) is 0 Å². The van der Waals surface area contributed by atoms with Crippen LogP contribution in [0.1, 0.15) is 65.7 Å². The van der Waals surface area contributed by atoms with Gasteiger partial charge < -0.3 is 4.74 Å². The summed E-state index contributed by atoms with van der Waals surface area (Å²) in [4.78, 5) is 23.7. The number of rotatable bonds is 1. The van der Waals surface area contributed by atoms with Crippen molar-refractivity contribution in [3.05, 3.63) is 12.2 Å². The lowest BCUT2D eigenvalue weighted by Crippen LogP contribution is -2.54. The van der Waals surface area contributed by atoms with Gasteiger partial charge in [-0.25, -0.2) is 0 Å². The summed E-state index contributed by atoms with van der Waals surface area (Å²) >= 11 is 0. The third kappa shape index (κ3) is 2.23. The number of carbonyl (C=O) groups is 2. The van der Waals surface area contributed by atoms with Crippen molar-refractivity contribution in [2.24, 2.45) is 34.5 Å². The van der Waals surface area contributed by atoms with Crippen LogP contribution in [0.25, 0.3) is 0 Å². The second kappa shape index (κ2) is 5.44. The Bertz CT molecular complexity index is 594. The van der Waals surface area contributed by atoms with Gasteiger partial charge in [0.1, 0.15) is 6.10 Å². The molecule has 3 fully saturated rings. The third-order valence-electron chi connectivity index (χ3n) is 8.22. The fourth-order valence-corrected chi connectivity index (χ4v) is 6.83. The van der Waals surface area contributed by atoms with Gasteiger partial charge in [0.15, 0.2) is 5.78 Å².